The number of anilines is 2. The number of benzene rings is 3. The molecule has 1 heterocycles. The summed E-state index contributed by atoms with van der Waals surface area (Å²) in [6.07, 6.45) is 0. The summed E-state index contributed by atoms with van der Waals surface area (Å²) < 4.78 is 27.9. The van der Waals surface area contributed by atoms with Gasteiger partial charge in [-0.2, -0.15) is 0 Å². The molecule has 1 aromatic heterocycles. The Bertz CT molecular complexity index is 1410. The van der Waals surface area contributed by atoms with E-state index in [2.05, 4.69) is 20.2 Å². The second kappa shape index (κ2) is 9.13. The molecule has 0 aliphatic carbocycles. The molecule has 3 aromatic carbocycles. The molecular weight excluding hydrogens is 456 g/mol. The van der Waals surface area contributed by atoms with Crippen molar-refractivity contribution in [2.24, 2.45) is 0 Å². The van der Waals surface area contributed by atoms with Gasteiger partial charge in [0.1, 0.15) is 5.01 Å². The number of sulfonamides is 1. The van der Waals surface area contributed by atoms with Crippen molar-refractivity contribution in [1.29, 1.82) is 0 Å². The summed E-state index contributed by atoms with van der Waals surface area (Å²) in [6, 6.07) is 19.3. The minimum atomic E-state index is -3.73. The molecule has 168 valence electrons. The lowest BCUT2D eigenvalue weighted by Crippen LogP contribution is -2.15. The number of nitrogens with zero attached hydrogens (tertiary/aromatic N) is 2. The standard InChI is InChI=1S/C24H22N4O3S2/c1-15-4-8-18(9-5-15)23-26-27-24(32-23)25-22(29)19-10-13-21(17(3)14-19)28-33(30,31)20-11-6-16(2)7-12-20/h4-14,28H,1-3H3,(H,25,27,29). The van der Waals surface area contributed by atoms with E-state index in [9.17, 15) is 13.2 Å². The Kier molecular flexibility index (Phi) is 6.26. The molecule has 9 heteroatoms. The molecule has 0 atom stereocenters. The Morgan fingerprint density at radius 2 is 1.48 bits per heavy atom. The van der Waals surface area contributed by atoms with Gasteiger partial charge in [0.25, 0.3) is 15.9 Å². The van der Waals surface area contributed by atoms with E-state index in [4.69, 9.17) is 0 Å². The van der Waals surface area contributed by atoms with Crippen molar-refractivity contribution in [3.8, 4) is 10.6 Å². The third-order valence-electron chi connectivity index (χ3n) is 5.01. The molecule has 1 amide bonds. The van der Waals surface area contributed by atoms with E-state index in [1.54, 1.807) is 49.4 Å². The van der Waals surface area contributed by atoms with Gasteiger partial charge in [0.15, 0.2) is 0 Å². The smallest absolute Gasteiger partial charge is 0.261 e. The summed E-state index contributed by atoms with van der Waals surface area (Å²) in [5, 5.41) is 12.0. The van der Waals surface area contributed by atoms with Crippen LogP contribution in [0.25, 0.3) is 10.6 Å². The van der Waals surface area contributed by atoms with E-state index < -0.39 is 10.0 Å². The Morgan fingerprint density at radius 1 is 0.848 bits per heavy atom. The number of hydrogen-bond donors (Lipinski definition) is 2. The van der Waals surface area contributed by atoms with Crippen LogP contribution < -0.4 is 10.0 Å². The fraction of sp³-hybridized carbons (Fsp3) is 0.125. The highest BCUT2D eigenvalue weighted by molar-refractivity contribution is 7.92. The molecule has 0 aliphatic heterocycles. The molecular formula is C24H22N4O3S2. The van der Waals surface area contributed by atoms with Gasteiger partial charge in [0.05, 0.1) is 10.6 Å². The minimum Gasteiger partial charge on any atom is -0.296 e. The molecule has 0 bridgehead atoms. The molecule has 0 aliphatic rings. The van der Waals surface area contributed by atoms with E-state index in [1.165, 1.54) is 11.3 Å². The van der Waals surface area contributed by atoms with Crippen molar-refractivity contribution in [2.75, 3.05) is 10.0 Å². The number of hydrogen-bond acceptors (Lipinski definition) is 6. The van der Waals surface area contributed by atoms with Gasteiger partial charge < -0.3 is 0 Å². The number of carbonyl (C=O) groups is 1. The predicted octanol–water partition coefficient (Wildman–Crippen LogP) is 5.18. The lowest BCUT2D eigenvalue weighted by Gasteiger charge is -2.12. The van der Waals surface area contributed by atoms with Gasteiger partial charge in [-0.1, -0.05) is 58.9 Å². The fourth-order valence-corrected chi connectivity index (χ4v) is 4.97. The Morgan fingerprint density at radius 3 is 2.12 bits per heavy atom. The normalized spacial score (nSPS) is 11.2. The molecule has 0 saturated carbocycles. The Balaban J connectivity index is 1.47. The average molecular weight is 479 g/mol. The summed E-state index contributed by atoms with van der Waals surface area (Å²) in [7, 11) is -3.73. The van der Waals surface area contributed by atoms with Gasteiger partial charge in [0.2, 0.25) is 5.13 Å². The number of amides is 1. The first kappa shape index (κ1) is 22.6. The van der Waals surface area contributed by atoms with Gasteiger partial charge >= 0.3 is 0 Å². The first-order valence-corrected chi connectivity index (χ1v) is 12.4. The maximum atomic E-state index is 12.7. The molecule has 4 aromatic rings. The van der Waals surface area contributed by atoms with Crippen LogP contribution in [0.15, 0.2) is 71.6 Å². The van der Waals surface area contributed by atoms with Crippen molar-refractivity contribution < 1.29 is 13.2 Å². The quantitative estimate of drug-likeness (QED) is 0.397. The topological polar surface area (TPSA) is 101 Å². The zero-order chi connectivity index (χ0) is 23.6. The van der Waals surface area contributed by atoms with Crippen LogP contribution in [-0.2, 0) is 10.0 Å². The maximum absolute atomic E-state index is 12.7. The van der Waals surface area contributed by atoms with Gasteiger partial charge in [-0.3, -0.25) is 14.8 Å². The van der Waals surface area contributed by atoms with Gasteiger partial charge in [-0.05, 0) is 56.7 Å². The van der Waals surface area contributed by atoms with Crippen LogP contribution in [0.1, 0.15) is 27.0 Å². The van der Waals surface area contributed by atoms with Crippen LogP contribution in [0.3, 0.4) is 0 Å². The molecule has 0 unspecified atom stereocenters. The first-order chi connectivity index (χ1) is 15.7. The predicted molar refractivity (Wildman–Crippen MR) is 131 cm³/mol. The highest BCUT2D eigenvalue weighted by atomic mass is 32.2. The van der Waals surface area contributed by atoms with Gasteiger partial charge in [-0.25, -0.2) is 8.42 Å². The summed E-state index contributed by atoms with van der Waals surface area (Å²) >= 11 is 1.28. The van der Waals surface area contributed by atoms with Crippen LogP contribution >= 0.6 is 11.3 Å². The summed E-state index contributed by atoms with van der Waals surface area (Å²) in [6.45, 7) is 5.64. The van der Waals surface area contributed by atoms with Crippen molar-refractivity contribution in [1.82, 2.24) is 10.2 Å². The second-order valence-electron chi connectivity index (χ2n) is 7.68. The molecule has 0 radical (unpaired) electrons. The van der Waals surface area contributed by atoms with E-state index in [-0.39, 0.29) is 10.8 Å². The Labute approximate surface area is 196 Å². The van der Waals surface area contributed by atoms with Crippen molar-refractivity contribution >= 4 is 38.1 Å². The SMILES string of the molecule is Cc1ccc(-c2nnc(NC(=O)c3ccc(NS(=O)(=O)c4ccc(C)cc4)c(C)c3)s2)cc1. The van der Waals surface area contributed by atoms with Crippen LogP contribution in [0.2, 0.25) is 0 Å². The van der Waals surface area contributed by atoms with Gasteiger partial charge in [-0.15, -0.1) is 10.2 Å². The Hall–Kier alpha value is -3.56. The van der Waals surface area contributed by atoms with Crippen LogP contribution in [0, 0.1) is 20.8 Å². The largest absolute Gasteiger partial charge is 0.296 e. The highest BCUT2D eigenvalue weighted by Gasteiger charge is 2.17. The third kappa shape index (κ3) is 5.27. The van der Waals surface area contributed by atoms with Crippen LogP contribution in [0.5, 0.6) is 0 Å². The monoisotopic (exact) mass is 478 g/mol. The minimum absolute atomic E-state index is 0.176. The zero-order valence-electron chi connectivity index (χ0n) is 18.3. The molecule has 0 saturated heterocycles. The fourth-order valence-electron chi connectivity index (χ4n) is 3.10. The van der Waals surface area contributed by atoms with E-state index in [0.717, 1.165) is 16.7 Å². The average Bonchev–Trinajstić information content (AvgIpc) is 3.24. The van der Waals surface area contributed by atoms with E-state index in [0.29, 0.717) is 27.0 Å². The molecule has 2 N–H and O–H groups in total. The number of carbonyl (C=O) groups excluding carboxylic acids is 1. The highest BCUT2D eigenvalue weighted by Crippen LogP contribution is 2.27. The lowest BCUT2D eigenvalue weighted by molar-refractivity contribution is 0.102. The zero-order valence-corrected chi connectivity index (χ0v) is 19.9. The van der Waals surface area contributed by atoms with Crippen molar-refractivity contribution in [3.05, 3.63) is 89.0 Å². The summed E-state index contributed by atoms with van der Waals surface area (Å²) in [5.41, 5.74) is 4.47. The van der Waals surface area contributed by atoms with Crippen LogP contribution in [0.4, 0.5) is 10.8 Å². The molecule has 4 rings (SSSR count). The van der Waals surface area contributed by atoms with Crippen molar-refractivity contribution in [2.45, 2.75) is 25.7 Å². The van der Waals surface area contributed by atoms with E-state index in [1.807, 2.05) is 38.1 Å². The second-order valence-corrected chi connectivity index (χ2v) is 10.3. The van der Waals surface area contributed by atoms with E-state index >= 15 is 0 Å². The molecule has 7 nitrogen and oxygen atoms in total. The lowest BCUT2D eigenvalue weighted by atomic mass is 10.1. The number of rotatable bonds is 6. The number of aryl methyl sites for hydroxylation is 3. The summed E-state index contributed by atoms with van der Waals surface area (Å²) in [5.74, 6) is -0.349. The van der Waals surface area contributed by atoms with Gasteiger partial charge in [0, 0.05) is 11.1 Å². The first-order valence-electron chi connectivity index (χ1n) is 10.1. The number of nitrogens with one attached hydrogen (secondary N) is 2. The third-order valence-corrected chi connectivity index (χ3v) is 7.28. The van der Waals surface area contributed by atoms with Crippen LogP contribution in [-0.4, -0.2) is 24.5 Å². The maximum Gasteiger partial charge on any atom is 0.261 e. The molecule has 0 fully saturated rings. The molecule has 0 spiro atoms. The number of aromatic nitrogens is 2. The summed E-state index contributed by atoms with van der Waals surface area (Å²) in [4.78, 5) is 12.9. The molecule has 33 heavy (non-hydrogen) atoms. The van der Waals surface area contributed by atoms with Crippen molar-refractivity contribution in [3.63, 3.8) is 0 Å².